The molecule has 0 saturated heterocycles. The Morgan fingerprint density at radius 1 is 1.38 bits per heavy atom. The van der Waals surface area contributed by atoms with Crippen molar-refractivity contribution in [1.82, 2.24) is 4.90 Å². The van der Waals surface area contributed by atoms with Crippen molar-refractivity contribution in [1.29, 1.82) is 0 Å². The van der Waals surface area contributed by atoms with E-state index in [4.69, 9.17) is 11.6 Å². The van der Waals surface area contributed by atoms with Crippen molar-refractivity contribution in [3.8, 4) is 0 Å². The second-order valence-corrected chi connectivity index (χ2v) is 3.23. The van der Waals surface area contributed by atoms with Crippen LogP contribution in [0.5, 0.6) is 0 Å². The van der Waals surface area contributed by atoms with Crippen molar-refractivity contribution in [2.45, 2.75) is 6.42 Å². The van der Waals surface area contributed by atoms with Crippen LogP contribution >= 0.6 is 11.6 Å². The van der Waals surface area contributed by atoms with Crippen molar-refractivity contribution < 1.29 is 4.79 Å². The topological polar surface area (TPSA) is 20.3 Å². The van der Waals surface area contributed by atoms with Gasteiger partial charge in [-0.25, -0.2) is 0 Å². The van der Waals surface area contributed by atoms with E-state index in [1.807, 2.05) is 30.3 Å². The average Bonchev–Trinajstić information content (AvgIpc) is 2.15. The summed E-state index contributed by atoms with van der Waals surface area (Å²) in [5, 5.41) is -0.407. The summed E-state index contributed by atoms with van der Waals surface area (Å²) in [4.78, 5) is 12.2. The Hall–Kier alpha value is -1.02. The maximum atomic E-state index is 10.7. The van der Waals surface area contributed by atoms with E-state index in [9.17, 15) is 4.79 Å². The Bertz CT molecular complexity index is 274. The number of benzene rings is 1. The maximum Gasteiger partial charge on any atom is 0.316 e. The van der Waals surface area contributed by atoms with Gasteiger partial charge in [0, 0.05) is 13.6 Å². The normalized spacial score (nSPS) is 9.69. The fraction of sp³-hybridized carbons (Fsp3) is 0.300. The molecule has 0 aliphatic heterocycles. The molecule has 0 aromatic heterocycles. The zero-order valence-electron chi connectivity index (χ0n) is 7.53. The van der Waals surface area contributed by atoms with Crippen LogP contribution < -0.4 is 0 Å². The standard InChI is InChI=1S/C10H12ClNO/c1-12(10(11)13)8-7-9-5-3-2-4-6-9/h2-6H,7-8H2,1H3. The number of carbonyl (C=O) groups excluding carboxylic acids is 1. The lowest BCUT2D eigenvalue weighted by Crippen LogP contribution is -2.23. The second-order valence-electron chi connectivity index (χ2n) is 2.91. The zero-order chi connectivity index (χ0) is 9.68. The number of hydrogen-bond acceptors (Lipinski definition) is 1. The minimum Gasteiger partial charge on any atom is -0.332 e. The van der Waals surface area contributed by atoms with Crippen LogP contribution in [0.4, 0.5) is 4.79 Å². The Labute approximate surface area is 83.1 Å². The molecule has 1 aromatic carbocycles. The van der Waals surface area contributed by atoms with Crippen LogP contribution in [-0.4, -0.2) is 23.9 Å². The lowest BCUT2D eigenvalue weighted by atomic mass is 10.1. The molecule has 1 aromatic rings. The second kappa shape index (κ2) is 4.87. The zero-order valence-corrected chi connectivity index (χ0v) is 8.29. The first kappa shape index (κ1) is 10.1. The summed E-state index contributed by atoms with van der Waals surface area (Å²) < 4.78 is 0. The van der Waals surface area contributed by atoms with Gasteiger partial charge in [0.05, 0.1) is 0 Å². The van der Waals surface area contributed by atoms with Crippen molar-refractivity contribution in [3.05, 3.63) is 35.9 Å². The highest BCUT2D eigenvalue weighted by Crippen LogP contribution is 2.01. The molecule has 70 valence electrons. The van der Waals surface area contributed by atoms with Gasteiger partial charge < -0.3 is 4.90 Å². The first-order valence-electron chi connectivity index (χ1n) is 4.14. The van der Waals surface area contributed by atoms with Gasteiger partial charge in [-0.1, -0.05) is 30.3 Å². The largest absolute Gasteiger partial charge is 0.332 e. The first-order valence-corrected chi connectivity index (χ1v) is 4.52. The monoisotopic (exact) mass is 197 g/mol. The molecule has 0 unspecified atom stereocenters. The molecule has 0 fully saturated rings. The van der Waals surface area contributed by atoms with Gasteiger partial charge in [-0.15, -0.1) is 0 Å². The molecule has 0 bridgehead atoms. The molecular weight excluding hydrogens is 186 g/mol. The molecule has 2 nitrogen and oxygen atoms in total. The highest BCUT2D eigenvalue weighted by atomic mass is 35.5. The molecule has 0 radical (unpaired) electrons. The Morgan fingerprint density at radius 2 is 2.00 bits per heavy atom. The fourth-order valence-electron chi connectivity index (χ4n) is 1.03. The van der Waals surface area contributed by atoms with Gasteiger partial charge in [0.25, 0.3) is 0 Å². The van der Waals surface area contributed by atoms with Crippen LogP contribution in [0.1, 0.15) is 5.56 Å². The van der Waals surface area contributed by atoms with E-state index >= 15 is 0 Å². The number of rotatable bonds is 3. The summed E-state index contributed by atoms with van der Waals surface area (Å²) in [5.41, 5.74) is 1.22. The summed E-state index contributed by atoms with van der Waals surface area (Å²) in [5.74, 6) is 0. The van der Waals surface area contributed by atoms with Gasteiger partial charge in [-0.3, -0.25) is 4.79 Å². The van der Waals surface area contributed by atoms with E-state index in [0.717, 1.165) is 6.42 Å². The maximum absolute atomic E-state index is 10.7. The summed E-state index contributed by atoms with van der Waals surface area (Å²) in [6, 6.07) is 10.0. The Balaban J connectivity index is 2.39. The van der Waals surface area contributed by atoms with Crippen LogP contribution in [0.15, 0.2) is 30.3 Å². The van der Waals surface area contributed by atoms with Crippen LogP contribution in [-0.2, 0) is 6.42 Å². The molecule has 0 N–H and O–H groups in total. The summed E-state index contributed by atoms with van der Waals surface area (Å²) >= 11 is 5.28. The van der Waals surface area contributed by atoms with E-state index in [1.165, 1.54) is 10.5 Å². The molecule has 1 rings (SSSR count). The smallest absolute Gasteiger partial charge is 0.316 e. The van der Waals surface area contributed by atoms with E-state index in [1.54, 1.807) is 7.05 Å². The van der Waals surface area contributed by atoms with Crippen LogP contribution in [0.3, 0.4) is 0 Å². The number of halogens is 1. The molecule has 1 amide bonds. The third-order valence-corrected chi connectivity index (χ3v) is 2.17. The third kappa shape index (κ3) is 3.47. The lowest BCUT2D eigenvalue weighted by molar-refractivity contribution is 0.232. The molecule has 3 heteroatoms. The molecular formula is C10H12ClNO. The molecule has 0 saturated carbocycles. The van der Waals surface area contributed by atoms with Crippen molar-refractivity contribution in [2.24, 2.45) is 0 Å². The average molecular weight is 198 g/mol. The Morgan fingerprint density at radius 3 is 2.54 bits per heavy atom. The highest BCUT2D eigenvalue weighted by Gasteiger charge is 2.03. The van der Waals surface area contributed by atoms with Gasteiger partial charge in [0.15, 0.2) is 0 Å². The minimum absolute atomic E-state index is 0.407. The number of hydrogen-bond donors (Lipinski definition) is 0. The van der Waals surface area contributed by atoms with Gasteiger partial charge in [-0.05, 0) is 23.6 Å². The number of likely N-dealkylation sites (N-methyl/N-ethyl adjacent to an activating group) is 1. The number of amides is 1. The minimum atomic E-state index is -0.407. The lowest BCUT2D eigenvalue weighted by Gasteiger charge is -2.12. The fourth-order valence-corrected chi connectivity index (χ4v) is 1.11. The van der Waals surface area contributed by atoms with E-state index in [-0.39, 0.29) is 0 Å². The Kier molecular flexibility index (Phi) is 3.77. The van der Waals surface area contributed by atoms with Gasteiger partial charge in [0.1, 0.15) is 0 Å². The van der Waals surface area contributed by atoms with Crippen molar-refractivity contribution >= 4 is 17.0 Å². The van der Waals surface area contributed by atoms with E-state index < -0.39 is 5.37 Å². The highest BCUT2D eigenvalue weighted by molar-refractivity contribution is 6.62. The summed E-state index contributed by atoms with van der Waals surface area (Å²) in [6.45, 7) is 0.659. The third-order valence-electron chi connectivity index (χ3n) is 1.88. The van der Waals surface area contributed by atoms with Gasteiger partial charge in [-0.2, -0.15) is 0 Å². The molecule has 0 heterocycles. The van der Waals surface area contributed by atoms with Gasteiger partial charge >= 0.3 is 5.37 Å². The molecule has 0 aliphatic carbocycles. The van der Waals surface area contributed by atoms with Crippen molar-refractivity contribution in [2.75, 3.05) is 13.6 Å². The van der Waals surface area contributed by atoms with E-state index in [0.29, 0.717) is 6.54 Å². The van der Waals surface area contributed by atoms with Crippen LogP contribution in [0, 0.1) is 0 Å². The molecule has 0 spiro atoms. The molecule has 13 heavy (non-hydrogen) atoms. The van der Waals surface area contributed by atoms with Crippen molar-refractivity contribution in [3.63, 3.8) is 0 Å². The predicted octanol–water partition coefficient (Wildman–Crippen LogP) is 2.52. The summed E-state index contributed by atoms with van der Waals surface area (Å²) in [6.07, 6.45) is 0.843. The van der Waals surface area contributed by atoms with E-state index in [2.05, 4.69) is 0 Å². The summed E-state index contributed by atoms with van der Waals surface area (Å²) in [7, 11) is 1.69. The quantitative estimate of drug-likeness (QED) is 0.539. The first-order chi connectivity index (χ1) is 6.20. The van der Waals surface area contributed by atoms with Gasteiger partial charge in [0.2, 0.25) is 0 Å². The SMILES string of the molecule is CN(CCc1ccccc1)C(=O)Cl. The predicted molar refractivity (Wildman–Crippen MR) is 54.0 cm³/mol. The van der Waals surface area contributed by atoms with Crippen LogP contribution in [0.25, 0.3) is 0 Å². The molecule has 0 atom stereocenters. The molecule has 0 aliphatic rings. The number of carbonyl (C=O) groups is 1. The van der Waals surface area contributed by atoms with Crippen LogP contribution in [0.2, 0.25) is 0 Å². The number of nitrogens with zero attached hydrogens (tertiary/aromatic N) is 1.